The van der Waals surface area contributed by atoms with Gasteiger partial charge >= 0.3 is 0 Å². The number of fused-ring (bicyclic) bond motifs is 1. The number of carbonyl (C=O) groups is 1. The molecule has 1 aromatic heterocycles. The molecule has 1 aliphatic heterocycles. The van der Waals surface area contributed by atoms with Gasteiger partial charge in [0.1, 0.15) is 0 Å². The number of nitrogens with zero attached hydrogens (tertiary/aromatic N) is 3. The Hall–Kier alpha value is -0.940. The topological polar surface area (TPSA) is 36.4 Å². The standard InChI is InChI=1S/C15H23N3OS/c1-15(2,3)18-9-7-17(8-10-18)14-16-11-5-4-6-12(19)13(11)20-14/h4-10H2,1-3H3. The molecule has 0 N–H and O–H groups in total. The van der Waals surface area contributed by atoms with Gasteiger partial charge in [0, 0.05) is 38.1 Å². The van der Waals surface area contributed by atoms with E-state index in [0.717, 1.165) is 54.7 Å². The number of piperazine rings is 1. The summed E-state index contributed by atoms with van der Waals surface area (Å²) in [6.45, 7) is 11.0. The van der Waals surface area contributed by atoms with Gasteiger partial charge in [-0.3, -0.25) is 9.69 Å². The highest BCUT2D eigenvalue weighted by molar-refractivity contribution is 7.17. The summed E-state index contributed by atoms with van der Waals surface area (Å²) in [5, 5.41) is 1.05. The number of Topliss-reactive ketones (excluding diaryl/α,β-unsaturated/α-hetero) is 1. The van der Waals surface area contributed by atoms with Crippen LogP contribution in [0.4, 0.5) is 5.13 Å². The second-order valence-electron chi connectivity index (χ2n) is 6.69. The van der Waals surface area contributed by atoms with Crippen molar-refractivity contribution in [1.82, 2.24) is 9.88 Å². The fraction of sp³-hybridized carbons (Fsp3) is 0.733. The van der Waals surface area contributed by atoms with Crippen LogP contribution in [0.5, 0.6) is 0 Å². The molecule has 0 aromatic carbocycles. The number of aryl methyl sites for hydroxylation is 1. The van der Waals surface area contributed by atoms with E-state index in [0.29, 0.717) is 12.2 Å². The Kier molecular flexibility index (Phi) is 3.58. The van der Waals surface area contributed by atoms with E-state index in [1.165, 1.54) is 0 Å². The minimum Gasteiger partial charge on any atom is -0.346 e. The molecule has 0 saturated carbocycles. The zero-order chi connectivity index (χ0) is 14.3. The molecule has 20 heavy (non-hydrogen) atoms. The van der Waals surface area contributed by atoms with Gasteiger partial charge in [-0.25, -0.2) is 4.98 Å². The third-order valence-electron chi connectivity index (χ3n) is 4.26. The van der Waals surface area contributed by atoms with Crippen molar-refractivity contribution in [2.24, 2.45) is 0 Å². The van der Waals surface area contributed by atoms with Crippen molar-refractivity contribution >= 4 is 22.3 Å². The molecular formula is C15H23N3OS. The van der Waals surface area contributed by atoms with Crippen molar-refractivity contribution in [3.05, 3.63) is 10.6 Å². The first kappa shape index (κ1) is 14.0. The second-order valence-corrected chi connectivity index (χ2v) is 7.67. The summed E-state index contributed by atoms with van der Waals surface area (Å²) in [6.07, 6.45) is 2.64. The molecule has 3 rings (SSSR count). The quantitative estimate of drug-likeness (QED) is 0.797. The molecule has 2 heterocycles. The number of hydrogen-bond donors (Lipinski definition) is 0. The van der Waals surface area contributed by atoms with Gasteiger partial charge in [0.25, 0.3) is 0 Å². The minimum atomic E-state index is 0.240. The first-order chi connectivity index (χ1) is 9.45. The van der Waals surface area contributed by atoms with E-state index in [-0.39, 0.29) is 5.54 Å². The minimum absolute atomic E-state index is 0.240. The van der Waals surface area contributed by atoms with E-state index in [2.05, 4.69) is 30.6 Å². The van der Waals surface area contributed by atoms with Crippen LogP contribution < -0.4 is 4.90 Å². The molecule has 0 bridgehead atoms. The van der Waals surface area contributed by atoms with Gasteiger partial charge < -0.3 is 4.90 Å². The lowest BCUT2D eigenvalue weighted by Crippen LogP contribution is -2.53. The van der Waals surface area contributed by atoms with E-state index in [1.807, 2.05) is 0 Å². The second kappa shape index (κ2) is 5.11. The van der Waals surface area contributed by atoms with E-state index < -0.39 is 0 Å². The van der Waals surface area contributed by atoms with Crippen molar-refractivity contribution in [2.45, 2.75) is 45.6 Å². The molecule has 0 unspecified atom stereocenters. The summed E-state index contributed by atoms with van der Waals surface area (Å²) >= 11 is 1.61. The van der Waals surface area contributed by atoms with Crippen LogP contribution in [-0.4, -0.2) is 47.4 Å². The average Bonchev–Trinajstić information content (AvgIpc) is 2.83. The highest BCUT2D eigenvalue weighted by Gasteiger charge is 2.29. The van der Waals surface area contributed by atoms with Crippen LogP contribution in [0.1, 0.15) is 49.0 Å². The zero-order valence-corrected chi connectivity index (χ0v) is 13.4. The molecule has 110 valence electrons. The van der Waals surface area contributed by atoms with Crippen molar-refractivity contribution in [3.63, 3.8) is 0 Å². The van der Waals surface area contributed by atoms with E-state index in [9.17, 15) is 4.79 Å². The molecule has 2 aliphatic rings. The van der Waals surface area contributed by atoms with Gasteiger partial charge in [0.05, 0.1) is 10.6 Å². The summed E-state index contributed by atoms with van der Waals surface area (Å²) in [5.41, 5.74) is 1.28. The highest BCUT2D eigenvalue weighted by atomic mass is 32.1. The fourth-order valence-electron chi connectivity index (χ4n) is 2.96. The lowest BCUT2D eigenvalue weighted by atomic mass is 10.0. The highest BCUT2D eigenvalue weighted by Crippen LogP contribution is 2.32. The van der Waals surface area contributed by atoms with Crippen LogP contribution in [0, 0.1) is 0 Å². The Bertz CT molecular complexity index is 510. The molecule has 0 atom stereocenters. The van der Waals surface area contributed by atoms with Gasteiger partial charge in [-0.1, -0.05) is 11.3 Å². The Labute approximate surface area is 124 Å². The van der Waals surface area contributed by atoms with Crippen molar-refractivity contribution < 1.29 is 4.79 Å². The number of anilines is 1. The fourth-order valence-corrected chi connectivity index (χ4v) is 4.09. The maximum Gasteiger partial charge on any atom is 0.186 e. The maximum absolute atomic E-state index is 11.9. The van der Waals surface area contributed by atoms with Crippen LogP contribution in [0.25, 0.3) is 0 Å². The van der Waals surface area contributed by atoms with Crippen molar-refractivity contribution in [1.29, 1.82) is 0 Å². The van der Waals surface area contributed by atoms with Crippen molar-refractivity contribution in [3.8, 4) is 0 Å². The van der Waals surface area contributed by atoms with Crippen LogP contribution >= 0.6 is 11.3 Å². The van der Waals surface area contributed by atoms with Gasteiger partial charge in [0.15, 0.2) is 10.9 Å². The monoisotopic (exact) mass is 293 g/mol. The number of hydrogen-bond acceptors (Lipinski definition) is 5. The molecule has 1 aliphatic carbocycles. The zero-order valence-electron chi connectivity index (χ0n) is 12.6. The summed E-state index contributed by atoms with van der Waals surface area (Å²) in [7, 11) is 0. The number of thiazole rings is 1. The maximum atomic E-state index is 11.9. The molecule has 0 spiro atoms. The lowest BCUT2D eigenvalue weighted by Gasteiger charge is -2.42. The number of carbonyl (C=O) groups excluding carboxylic acids is 1. The summed E-state index contributed by atoms with van der Waals surface area (Å²) < 4.78 is 0. The molecule has 1 fully saturated rings. The first-order valence-corrected chi connectivity index (χ1v) is 8.30. The SMILES string of the molecule is CC(C)(C)N1CCN(c2nc3c(s2)C(=O)CCC3)CC1. The van der Waals surface area contributed by atoms with E-state index >= 15 is 0 Å². The molecule has 1 aromatic rings. The van der Waals surface area contributed by atoms with Gasteiger partial charge in [-0.05, 0) is 33.6 Å². The predicted octanol–water partition coefficient (Wildman–Crippen LogP) is 2.58. The largest absolute Gasteiger partial charge is 0.346 e. The van der Waals surface area contributed by atoms with Crippen LogP contribution in [0.3, 0.4) is 0 Å². The van der Waals surface area contributed by atoms with E-state index in [1.54, 1.807) is 11.3 Å². The Morgan fingerprint density at radius 1 is 1.10 bits per heavy atom. The number of ketones is 1. The van der Waals surface area contributed by atoms with Gasteiger partial charge in [-0.2, -0.15) is 0 Å². The molecule has 0 radical (unpaired) electrons. The Balaban J connectivity index is 1.71. The van der Waals surface area contributed by atoms with Gasteiger partial charge in [0.2, 0.25) is 0 Å². The Morgan fingerprint density at radius 2 is 1.80 bits per heavy atom. The average molecular weight is 293 g/mol. The van der Waals surface area contributed by atoms with E-state index in [4.69, 9.17) is 4.98 Å². The predicted molar refractivity (Wildman–Crippen MR) is 82.9 cm³/mol. The smallest absolute Gasteiger partial charge is 0.186 e. The molecule has 5 heteroatoms. The van der Waals surface area contributed by atoms with Crippen molar-refractivity contribution in [2.75, 3.05) is 31.1 Å². The summed E-state index contributed by atoms with van der Waals surface area (Å²) in [6, 6.07) is 0. The molecule has 4 nitrogen and oxygen atoms in total. The first-order valence-electron chi connectivity index (χ1n) is 7.48. The molecular weight excluding hydrogens is 270 g/mol. The van der Waals surface area contributed by atoms with Gasteiger partial charge in [-0.15, -0.1) is 0 Å². The third-order valence-corrected chi connectivity index (χ3v) is 5.46. The number of rotatable bonds is 1. The molecule has 0 amide bonds. The Morgan fingerprint density at radius 3 is 2.40 bits per heavy atom. The normalized spacial score (nSPS) is 21.1. The summed E-state index contributed by atoms with van der Waals surface area (Å²) in [5.74, 6) is 0.295. The third kappa shape index (κ3) is 2.61. The number of aromatic nitrogens is 1. The van der Waals surface area contributed by atoms with Crippen LogP contribution in [0.15, 0.2) is 0 Å². The van der Waals surface area contributed by atoms with Crippen LogP contribution in [-0.2, 0) is 6.42 Å². The summed E-state index contributed by atoms with van der Waals surface area (Å²) in [4.78, 5) is 22.4. The molecule has 1 saturated heterocycles. The van der Waals surface area contributed by atoms with Crippen LogP contribution in [0.2, 0.25) is 0 Å². The lowest BCUT2D eigenvalue weighted by molar-refractivity contribution is 0.0976.